The van der Waals surface area contributed by atoms with E-state index in [-0.39, 0.29) is 11.3 Å². The molecule has 4 N–H and O–H groups in total. The lowest BCUT2D eigenvalue weighted by molar-refractivity contribution is -0.146. The number of ketones is 1. The van der Waals surface area contributed by atoms with Gasteiger partial charge in [0.15, 0.2) is 0 Å². The molecule has 18 heavy (non-hydrogen) atoms. The first-order valence-corrected chi connectivity index (χ1v) is 4.97. The highest BCUT2D eigenvalue weighted by Gasteiger charge is 2.13. The van der Waals surface area contributed by atoms with Crippen LogP contribution in [0.15, 0.2) is 30.5 Å². The van der Waals surface area contributed by atoms with Crippen LogP contribution in [0, 0.1) is 0 Å². The molecule has 0 unspecified atom stereocenters. The highest BCUT2D eigenvalue weighted by molar-refractivity contribution is 6.38. The summed E-state index contributed by atoms with van der Waals surface area (Å²) in [5.41, 5.74) is 0.890. The molecule has 2 aromatic rings. The van der Waals surface area contributed by atoms with Gasteiger partial charge in [0, 0.05) is 28.7 Å². The normalized spacial score (nSPS) is 11.7. The van der Waals surface area contributed by atoms with Gasteiger partial charge in [-0.2, -0.15) is 0 Å². The summed E-state index contributed by atoms with van der Waals surface area (Å²) in [6.45, 7) is 0. The Morgan fingerprint density at radius 1 is 1.22 bits per heavy atom. The van der Waals surface area contributed by atoms with Gasteiger partial charge in [-0.15, -0.1) is 0 Å². The molecule has 6 nitrogen and oxygen atoms in total. The molecule has 2 rings (SSSR count). The van der Waals surface area contributed by atoms with Crippen molar-refractivity contribution in [2.45, 2.75) is 0 Å². The number of hydrogen-bond acceptors (Lipinski definition) is 4. The summed E-state index contributed by atoms with van der Waals surface area (Å²) in [5.74, 6) is -3.34. The van der Waals surface area contributed by atoms with Crippen LogP contribution in [0.2, 0.25) is 0 Å². The minimum Gasteiger partial charge on any atom is -0.508 e. The minimum absolute atomic E-state index is 0.000658. The molecule has 0 aliphatic heterocycles. The van der Waals surface area contributed by atoms with Crippen molar-refractivity contribution in [2.75, 3.05) is 0 Å². The molecule has 1 aromatic carbocycles. The Labute approximate surface area is 101 Å². The third kappa shape index (κ3) is 2.03. The number of carbonyl (C=O) groups excluding carboxylic acids is 1. The second kappa shape index (κ2) is 4.25. The van der Waals surface area contributed by atoms with Gasteiger partial charge in [-0.1, -0.05) is 0 Å². The maximum Gasteiger partial charge on any atom is 0.376 e. The maximum atomic E-state index is 11.0. The summed E-state index contributed by atoms with van der Waals surface area (Å²) < 4.78 is 0. The fourth-order valence-electron chi connectivity index (χ4n) is 1.58. The minimum atomic E-state index is -1.65. The van der Waals surface area contributed by atoms with Crippen molar-refractivity contribution < 1.29 is 24.9 Å². The zero-order valence-electron chi connectivity index (χ0n) is 9.04. The lowest BCUT2D eigenvalue weighted by Gasteiger charge is -1.98. The number of aromatic nitrogens is 1. The van der Waals surface area contributed by atoms with Crippen LogP contribution in [0.5, 0.6) is 5.75 Å². The predicted molar refractivity (Wildman–Crippen MR) is 63.2 cm³/mol. The van der Waals surface area contributed by atoms with E-state index in [4.69, 9.17) is 5.11 Å². The van der Waals surface area contributed by atoms with Crippen molar-refractivity contribution in [3.8, 4) is 5.75 Å². The van der Waals surface area contributed by atoms with Gasteiger partial charge in [-0.05, 0) is 18.2 Å². The second-order valence-electron chi connectivity index (χ2n) is 3.63. The van der Waals surface area contributed by atoms with Gasteiger partial charge in [-0.3, -0.25) is 4.79 Å². The number of aromatic hydroxyl groups is 1. The SMILES string of the molecule is O=C(O)C(=O)/C=C(\O)c1c[nH]c2ccc(O)cc12. The van der Waals surface area contributed by atoms with Gasteiger partial charge in [0.05, 0.1) is 0 Å². The standard InChI is InChI=1S/C12H9NO5/c14-6-1-2-9-7(3-6)8(5-13-9)10(15)4-11(16)12(17)18/h1-5,13-15H,(H,17,18)/b10-4-. The summed E-state index contributed by atoms with van der Waals surface area (Å²) in [4.78, 5) is 24.2. The first-order chi connectivity index (χ1) is 8.49. The van der Waals surface area contributed by atoms with Crippen LogP contribution in [-0.4, -0.2) is 32.1 Å². The lowest BCUT2D eigenvalue weighted by atomic mass is 10.1. The number of phenols is 1. The number of aliphatic hydroxyl groups excluding tert-OH is 1. The molecule has 0 radical (unpaired) electrons. The molecule has 0 atom stereocenters. The summed E-state index contributed by atoms with van der Waals surface area (Å²) in [5, 5.41) is 28.0. The van der Waals surface area contributed by atoms with Crippen LogP contribution >= 0.6 is 0 Å². The number of H-pyrrole nitrogens is 1. The van der Waals surface area contributed by atoms with Gasteiger partial charge >= 0.3 is 5.97 Å². The first kappa shape index (κ1) is 11.7. The zero-order chi connectivity index (χ0) is 13.3. The lowest BCUT2D eigenvalue weighted by Crippen LogP contribution is -2.09. The molecular formula is C12H9NO5. The monoisotopic (exact) mass is 247 g/mol. The average Bonchev–Trinajstić information content (AvgIpc) is 2.71. The van der Waals surface area contributed by atoms with Crippen molar-refractivity contribution in [1.82, 2.24) is 4.98 Å². The van der Waals surface area contributed by atoms with Crippen LogP contribution in [0.4, 0.5) is 0 Å². The van der Waals surface area contributed by atoms with Gasteiger partial charge in [0.1, 0.15) is 11.5 Å². The number of carboxylic acid groups (broad SMARTS) is 1. The highest BCUT2D eigenvalue weighted by Crippen LogP contribution is 2.26. The van der Waals surface area contributed by atoms with Crippen LogP contribution in [0.3, 0.4) is 0 Å². The molecule has 0 bridgehead atoms. The molecular weight excluding hydrogens is 238 g/mol. The largest absolute Gasteiger partial charge is 0.508 e. The van der Waals surface area contributed by atoms with E-state index >= 15 is 0 Å². The number of aromatic amines is 1. The maximum absolute atomic E-state index is 11.0. The molecule has 0 aliphatic carbocycles. The van der Waals surface area contributed by atoms with E-state index in [1.807, 2.05) is 0 Å². The third-order valence-electron chi connectivity index (χ3n) is 2.42. The summed E-state index contributed by atoms with van der Waals surface area (Å²) in [7, 11) is 0. The van der Waals surface area contributed by atoms with Gasteiger partial charge in [0.2, 0.25) is 0 Å². The van der Waals surface area contributed by atoms with E-state index in [2.05, 4.69) is 4.98 Å². The summed E-state index contributed by atoms with van der Waals surface area (Å²) in [6, 6.07) is 4.46. The predicted octanol–water partition coefficient (Wildman–Crippen LogP) is 1.43. The quantitative estimate of drug-likeness (QED) is 0.372. The molecule has 0 aliphatic rings. The Hall–Kier alpha value is -2.76. The fraction of sp³-hybridized carbons (Fsp3) is 0. The Balaban J connectivity index is 2.51. The topological polar surface area (TPSA) is 111 Å². The number of rotatable bonds is 3. The van der Waals surface area contributed by atoms with Crippen molar-refractivity contribution in [3.05, 3.63) is 36.0 Å². The molecule has 0 saturated heterocycles. The molecule has 0 spiro atoms. The van der Waals surface area contributed by atoms with Crippen molar-refractivity contribution in [3.63, 3.8) is 0 Å². The Bertz CT molecular complexity index is 668. The molecule has 6 heteroatoms. The van der Waals surface area contributed by atoms with E-state index in [0.717, 1.165) is 0 Å². The third-order valence-corrected chi connectivity index (χ3v) is 2.42. The fourth-order valence-corrected chi connectivity index (χ4v) is 1.58. The van der Waals surface area contributed by atoms with E-state index in [9.17, 15) is 19.8 Å². The first-order valence-electron chi connectivity index (χ1n) is 4.97. The number of nitrogens with one attached hydrogen (secondary N) is 1. The number of carbonyl (C=O) groups is 2. The number of phenolic OH excluding ortho intramolecular Hbond substituents is 1. The van der Waals surface area contributed by atoms with Gasteiger partial charge in [-0.25, -0.2) is 4.79 Å². The van der Waals surface area contributed by atoms with E-state index in [1.54, 1.807) is 6.07 Å². The molecule has 1 aromatic heterocycles. The van der Waals surface area contributed by atoms with Crippen LogP contribution < -0.4 is 0 Å². The van der Waals surface area contributed by atoms with Crippen LogP contribution in [0.1, 0.15) is 5.56 Å². The van der Waals surface area contributed by atoms with E-state index in [1.165, 1.54) is 18.3 Å². The Kier molecular flexibility index (Phi) is 2.77. The molecule has 1 heterocycles. The Morgan fingerprint density at radius 2 is 1.94 bits per heavy atom. The number of aliphatic carboxylic acids is 1. The second-order valence-corrected chi connectivity index (χ2v) is 3.63. The van der Waals surface area contributed by atoms with Crippen LogP contribution in [0.25, 0.3) is 16.7 Å². The molecule has 0 amide bonds. The van der Waals surface area contributed by atoms with Crippen molar-refractivity contribution >= 4 is 28.4 Å². The molecule has 92 valence electrons. The summed E-state index contributed by atoms with van der Waals surface area (Å²) in [6.07, 6.45) is 2.04. The van der Waals surface area contributed by atoms with E-state index in [0.29, 0.717) is 17.0 Å². The highest BCUT2D eigenvalue weighted by atomic mass is 16.4. The molecule has 0 saturated carbocycles. The Morgan fingerprint density at radius 3 is 2.61 bits per heavy atom. The smallest absolute Gasteiger partial charge is 0.376 e. The average molecular weight is 247 g/mol. The van der Waals surface area contributed by atoms with Gasteiger partial charge in [0.25, 0.3) is 5.78 Å². The van der Waals surface area contributed by atoms with Crippen LogP contribution in [-0.2, 0) is 9.59 Å². The van der Waals surface area contributed by atoms with Gasteiger partial charge < -0.3 is 20.3 Å². The number of hydrogen-bond donors (Lipinski definition) is 4. The van der Waals surface area contributed by atoms with E-state index < -0.39 is 17.5 Å². The number of fused-ring (bicyclic) bond motifs is 1. The number of carboxylic acids is 1. The van der Waals surface area contributed by atoms with Crippen molar-refractivity contribution in [1.29, 1.82) is 0 Å². The van der Waals surface area contributed by atoms with Crippen molar-refractivity contribution in [2.24, 2.45) is 0 Å². The summed E-state index contributed by atoms with van der Waals surface area (Å²) >= 11 is 0. The molecule has 0 fully saturated rings. The number of aliphatic hydroxyl groups is 1. The zero-order valence-corrected chi connectivity index (χ0v) is 9.04. The number of benzene rings is 1.